The number of piperidine rings is 1. The van der Waals surface area contributed by atoms with E-state index < -0.39 is 5.97 Å². The van der Waals surface area contributed by atoms with E-state index in [1.807, 2.05) is 24.3 Å². The van der Waals surface area contributed by atoms with Crippen molar-refractivity contribution in [2.75, 3.05) is 19.7 Å². The third-order valence-corrected chi connectivity index (χ3v) is 6.69. The molecule has 1 spiro atoms. The summed E-state index contributed by atoms with van der Waals surface area (Å²) >= 11 is 0. The summed E-state index contributed by atoms with van der Waals surface area (Å²) in [6.45, 7) is 1.45. The molecule has 2 aromatic carbocycles. The first-order chi connectivity index (χ1) is 13.6. The molecule has 2 aliphatic carbocycles. The van der Waals surface area contributed by atoms with Gasteiger partial charge < -0.3 is 14.7 Å². The minimum absolute atomic E-state index is 0.0443. The number of carboxylic acids is 1. The van der Waals surface area contributed by atoms with Crippen LogP contribution < -0.4 is 0 Å². The molecule has 2 atom stereocenters. The van der Waals surface area contributed by atoms with E-state index in [0.29, 0.717) is 26.1 Å². The van der Waals surface area contributed by atoms with Crippen LogP contribution in [0.3, 0.4) is 0 Å². The van der Waals surface area contributed by atoms with Gasteiger partial charge in [0.15, 0.2) is 0 Å². The van der Waals surface area contributed by atoms with E-state index >= 15 is 0 Å². The SMILES string of the molecule is O=C(O)C1CC12CCCN(C(=O)OCC1c3ccccc3-c3ccccc31)C2. The first kappa shape index (κ1) is 17.3. The molecule has 144 valence electrons. The number of fused-ring (bicyclic) bond motifs is 3. The highest BCUT2D eigenvalue weighted by molar-refractivity contribution is 5.79. The number of ether oxygens (including phenoxy) is 1. The summed E-state index contributed by atoms with van der Waals surface area (Å²) in [6, 6.07) is 16.5. The van der Waals surface area contributed by atoms with Gasteiger partial charge in [-0.3, -0.25) is 4.79 Å². The standard InChI is InChI=1S/C23H23NO4/c25-21(26)20-12-23(20)10-5-11-24(14-23)22(27)28-13-19-17-8-3-1-6-15(17)16-7-2-4-9-18(16)19/h1-4,6-9,19-20H,5,10-14H2,(H,25,26). The maximum atomic E-state index is 12.7. The van der Waals surface area contributed by atoms with Crippen LogP contribution in [0.15, 0.2) is 48.5 Å². The van der Waals surface area contributed by atoms with Gasteiger partial charge in [-0.05, 0) is 41.5 Å². The highest BCUT2D eigenvalue weighted by Crippen LogP contribution is 2.58. The molecule has 1 heterocycles. The maximum absolute atomic E-state index is 12.7. The molecule has 1 amide bonds. The van der Waals surface area contributed by atoms with Crippen LogP contribution in [0.1, 0.15) is 36.3 Å². The van der Waals surface area contributed by atoms with E-state index in [-0.39, 0.29) is 23.3 Å². The Morgan fingerprint density at radius 2 is 1.71 bits per heavy atom. The highest BCUT2D eigenvalue weighted by atomic mass is 16.6. The van der Waals surface area contributed by atoms with Crippen LogP contribution in [0.25, 0.3) is 11.1 Å². The molecule has 1 saturated heterocycles. The van der Waals surface area contributed by atoms with Gasteiger partial charge in [-0.25, -0.2) is 4.79 Å². The highest BCUT2D eigenvalue weighted by Gasteiger charge is 2.60. The Morgan fingerprint density at radius 1 is 1.07 bits per heavy atom. The van der Waals surface area contributed by atoms with Crippen LogP contribution in [-0.2, 0) is 9.53 Å². The number of nitrogens with zero attached hydrogens (tertiary/aromatic N) is 1. The minimum Gasteiger partial charge on any atom is -0.481 e. The number of rotatable bonds is 3. The monoisotopic (exact) mass is 377 g/mol. The van der Waals surface area contributed by atoms with Gasteiger partial charge in [-0.1, -0.05) is 48.5 Å². The summed E-state index contributed by atoms with van der Waals surface area (Å²) < 4.78 is 5.74. The van der Waals surface area contributed by atoms with Gasteiger partial charge in [0.1, 0.15) is 6.61 Å². The summed E-state index contributed by atoms with van der Waals surface area (Å²) in [7, 11) is 0. The van der Waals surface area contributed by atoms with Crippen LogP contribution in [0.5, 0.6) is 0 Å². The molecule has 3 aliphatic rings. The van der Waals surface area contributed by atoms with Gasteiger partial charge in [0.05, 0.1) is 5.92 Å². The van der Waals surface area contributed by atoms with Crippen LogP contribution in [-0.4, -0.2) is 41.8 Å². The summed E-state index contributed by atoms with van der Waals surface area (Å²) in [5, 5.41) is 9.29. The molecule has 1 N–H and O–H groups in total. The summed E-state index contributed by atoms with van der Waals surface area (Å²) in [5.74, 6) is -1.01. The number of carbonyl (C=O) groups excluding carboxylic acids is 1. The topological polar surface area (TPSA) is 66.8 Å². The minimum atomic E-state index is -0.741. The normalized spacial score (nSPS) is 25.3. The first-order valence-electron chi connectivity index (χ1n) is 9.92. The van der Waals surface area contributed by atoms with Crippen LogP contribution in [0.4, 0.5) is 4.79 Å². The van der Waals surface area contributed by atoms with Crippen LogP contribution in [0.2, 0.25) is 0 Å². The quantitative estimate of drug-likeness (QED) is 0.874. The van der Waals surface area contributed by atoms with Gasteiger partial charge in [-0.15, -0.1) is 0 Å². The molecular weight excluding hydrogens is 354 g/mol. The molecule has 5 heteroatoms. The number of benzene rings is 2. The van der Waals surface area contributed by atoms with E-state index in [1.165, 1.54) is 22.3 Å². The molecule has 5 rings (SSSR count). The fourth-order valence-electron chi connectivity index (χ4n) is 5.15. The second kappa shape index (κ2) is 6.36. The summed E-state index contributed by atoms with van der Waals surface area (Å²) in [5.41, 5.74) is 4.58. The largest absolute Gasteiger partial charge is 0.481 e. The Hall–Kier alpha value is -2.82. The van der Waals surface area contributed by atoms with Crippen molar-refractivity contribution in [3.8, 4) is 11.1 Å². The van der Waals surface area contributed by atoms with Crippen molar-refractivity contribution in [1.29, 1.82) is 0 Å². The fourth-order valence-corrected chi connectivity index (χ4v) is 5.15. The number of likely N-dealkylation sites (tertiary alicyclic amines) is 1. The van der Waals surface area contributed by atoms with Gasteiger partial charge in [0.2, 0.25) is 0 Å². The number of hydrogen-bond donors (Lipinski definition) is 1. The molecule has 0 aromatic heterocycles. The summed E-state index contributed by atoms with van der Waals surface area (Å²) in [6.07, 6.45) is 2.08. The zero-order chi connectivity index (χ0) is 19.3. The molecule has 1 aliphatic heterocycles. The second-order valence-electron chi connectivity index (χ2n) is 8.29. The number of carbonyl (C=O) groups is 2. The fraction of sp³-hybridized carbons (Fsp3) is 0.391. The van der Waals surface area contributed by atoms with Crippen LogP contribution >= 0.6 is 0 Å². The van der Waals surface area contributed by atoms with Crippen molar-refractivity contribution in [3.05, 3.63) is 59.7 Å². The smallest absolute Gasteiger partial charge is 0.409 e. The lowest BCUT2D eigenvalue weighted by molar-refractivity contribution is -0.139. The van der Waals surface area contributed by atoms with Gasteiger partial charge in [0, 0.05) is 24.4 Å². The van der Waals surface area contributed by atoms with Crippen molar-refractivity contribution in [2.45, 2.75) is 25.2 Å². The van der Waals surface area contributed by atoms with E-state index in [1.54, 1.807) is 4.90 Å². The number of hydrogen-bond acceptors (Lipinski definition) is 3. The van der Waals surface area contributed by atoms with Gasteiger partial charge in [-0.2, -0.15) is 0 Å². The Kier molecular flexibility index (Phi) is 3.93. The van der Waals surface area contributed by atoms with E-state index in [2.05, 4.69) is 24.3 Å². The molecule has 2 unspecified atom stereocenters. The van der Waals surface area contributed by atoms with Crippen LogP contribution in [0, 0.1) is 11.3 Å². The predicted molar refractivity (Wildman–Crippen MR) is 104 cm³/mol. The molecule has 28 heavy (non-hydrogen) atoms. The second-order valence-corrected chi connectivity index (χ2v) is 8.29. The number of aliphatic carboxylic acids is 1. The lowest BCUT2D eigenvalue weighted by atomic mass is 9.92. The molecule has 1 saturated carbocycles. The molecule has 5 nitrogen and oxygen atoms in total. The Labute approximate surface area is 163 Å². The Morgan fingerprint density at radius 3 is 2.32 bits per heavy atom. The number of amides is 1. The molecule has 2 fully saturated rings. The predicted octanol–water partition coefficient (Wildman–Crippen LogP) is 4.12. The molecular formula is C23H23NO4. The lowest BCUT2D eigenvalue weighted by Crippen LogP contribution is -2.42. The van der Waals surface area contributed by atoms with Gasteiger partial charge in [0.25, 0.3) is 0 Å². The maximum Gasteiger partial charge on any atom is 0.409 e. The third kappa shape index (κ3) is 2.68. The van der Waals surface area contributed by atoms with Gasteiger partial charge >= 0.3 is 12.1 Å². The third-order valence-electron chi connectivity index (χ3n) is 6.69. The average molecular weight is 377 g/mol. The van der Waals surface area contributed by atoms with E-state index in [0.717, 1.165) is 12.8 Å². The summed E-state index contributed by atoms with van der Waals surface area (Å²) in [4.78, 5) is 25.7. The van der Waals surface area contributed by atoms with E-state index in [4.69, 9.17) is 4.74 Å². The van der Waals surface area contributed by atoms with Crippen molar-refractivity contribution in [1.82, 2.24) is 4.90 Å². The molecule has 0 bridgehead atoms. The Bertz CT molecular complexity index is 910. The lowest BCUT2D eigenvalue weighted by Gasteiger charge is -2.33. The molecule has 2 aromatic rings. The average Bonchev–Trinajstić information content (AvgIpc) is 3.31. The zero-order valence-electron chi connectivity index (χ0n) is 15.6. The first-order valence-corrected chi connectivity index (χ1v) is 9.92. The molecule has 0 radical (unpaired) electrons. The van der Waals surface area contributed by atoms with Crippen molar-refractivity contribution < 1.29 is 19.4 Å². The Balaban J connectivity index is 1.29. The van der Waals surface area contributed by atoms with E-state index in [9.17, 15) is 14.7 Å². The zero-order valence-corrected chi connectivity index (χ0v) is 15.6. The number of carboxylic acid groups (broad SMARTS) is 1. The van der Waals surface area contributed by atoms with Crippen molar-refractivity contribution >= 4 is 12.1 Å². The van der Waals surface area contributed by atoms with Crippen molar-refractivity contribution in [3.63, 3.8) is 0 Å². The van der Waals surface area contributed by atoms with Crippen molar-refractivity contribution in [2.24, 2.45) is 11.3 Å².